The second kappa shape index (κ2) is 5.28. The summed E-state index contributed by atoms with van der Waals surface area (Å²) in [5.74, 6) is -1.17. The molecule has 1 aliphatic rings. The molecule has 6 nitrogen and oxygen atoms in total. The summed E-state index contributed by atoms with van der Waals surface area (Å²) >= 11 is 0. The van der Waals surface area contributed by atoms with E-state index in [2.05, 4.69) is 0 Å². The predicted octanol–water partition coefficient (Wildman–Crippen LogP) is 0.530. The molecule has 1 aromatic carbocycles. The second-order valence-electron chi connectivity index (χ2n) is 4.43. The largest absolute Gasteiger partial charge is 0.478 e. The minimum atomic E-state index is -3.75. The molecular weight excluding hydrogens is 270 g/mol. The van der Waals surface area contributed by atoms with Crippen molar-refractivity contribution in [2.75, 3.05) is 13.2 Å². The van der Waals surface area contributed by atoms with Crippen LogP contribution in [0, 0.1) is 0 Å². The molecule has 0 aromatic heterocycles. The molecule has 0 aliphatic carbocycles. The zero-order chi connectivity index (χ0) is 14.0. The van der Waals surface area contributed by atoms with E-state index in [1.165, 1.54) is 22.5 Å². The molecule has 1 aliphatic heterocycles. The Bertz CT molecular complexity index is 584. The summed E-state index contributed by atoms with van der Waals surface area (Å²) in [5.41, 5.74) is -0.0687. The van der Waals surface area contributed by atoms with Crippen molar-refractivity contribution >= 4 is 16.0 Å². The Balaban J connectivity index is 2.39. The lowest BCUT2D eigenvalue weighted by atomic mass is 10.2. The molecule has 2 rings (SSSR count). The molecule has 1 aromatic rings. The number of sulfonamides is 1. The van der Waals surface area contributed by atoms with Crippen LogP contribution in [0.2, 0.25) is 0 Å². The summed E-state index contributed by atoms with van der Waals surface area (Å²) in [6.45, 7) is 0.128. The molecule has 2 N–H and O–H groups in total. The SMILES string of the molecule is O=C(O)c1cccc(S(=O)(=O)N2CCC[C@H]2CO)c1. The zero-order valence-electron chi connectivity index (χ0n) is 10.2. The van der Waals surface area contributed by atoms with E-state index in [0.717, 1.165) is 6.07 Å². The predicted molar refractivity (Wildman–Crippen MR) is 67.4 cm³/mol. The standard InChI is InChI=1S/C12H15NO5S/c14-8-10-4-2-6-13(10)19(17,18)11-5-1-3-9(7-11)12(15)16/h1,3,5,7,10,14H,2,4,6,8H2,(H,15,16)/t10-/m0/s1. The fourth-order valence-corrected chi connectivity index (χ4v) is 3.96. The van der Waals surface area contributed by atoms with Gasteiger partial charge in [-0.3, -0.25) is 0 Å². The van der Waals surface area contributed by atoms with Gasteiger partial charge in [0.2, 0.25) is 10.0 Å². The summed E-state index contributed by atoms with van der Waals surface area (Å²) in [7, 11) is -3.75. The Kier molecular flexibility index (Phi) is 3.88. The van der Waals surface area contributed by atoms with Crippen molar-refractivity contribution in [1.29, 1.82) is 0 Å². The average Bonchev–Trinajstić information content (AvgIpc) is 2.88. The number of aromatic carboxylic acids is 1. The number of benzene rings is 1. The van der Waals surface area contributed by atoms with Gasteiger partial charge in [0.05, 0.1) is 17.1 Å². The van der Waals surface area contributed by atoms with Gasteiger partial charge in [-0.2, -0.15) is 4.31 Å². The van der Waals surface area contributed by atoms with E-state index in [0.29, 0.717) is 19.4 Å². The van der Waals surface area contributed by atoms with Gasteiger partial charge in [-0.15, -0.1) is 0 Å². The van der Waals surface area contributed by atoms with E-state index in [4.69, 9.17) is 5.11 Å². The van der Waals surface area contributed by atoms with Gasteiger partial charge in [0, 0.05) is 12.6 Å². The van der Waals surface area contributed by atoms with Gasteiger partial charge in [-0.1, -0.05) is 6.07 Å². The van der Waals surface area contributed by atoms with Crippen LogP contribution >= 0.6 is 0 Å². The Morgan fingerprint density at radius 3 is 2.79 bits per heavy atom. The maximum absolute atomic E-state index is 12.4. The van der Waals surface area contributed by atoms with Crippen molar-refractivity contribution in [2.45, 2.75) is 23.8 Å². The summed E-state index contributed by atoms with van der Waals surface area (Å²) in [4.78, 5) is 10.8. The lowest BCUT2D eigenvalue weighted by molar-refractivity contribution is 0.0696. The van der Waals surface area contributed by atoms with Gasteiger partial charge in [0.15, 0.2) is 0 Å². The average molecular weight is 285 g/mol. The molecule has 0 saturated carbocycles. The molecule has 0 amide bonds. The fourth-order valence-electron chi connectivity index (χ4n) is 2.23. The number of rotatable bonds is 4. The van der Waals surface area contributed by atoms with E-state index in [1.54, 1.807) is 0 Å². The first-order valence-electron chi connectivity index (χ1n) is 5.93. The lowest BCUT2D eigenvalue weighted by Gasteiger charge is -2.22. The topological polar surface area (TPSA) is 94.9 Å². The van der Waals surface area contributed by atoms with Gasteiger partial charge in [0.25, 0.3) is 0 Å². The molecule has 0 bridgehead atoms. The van der Waals surface area contributed by atoms with Crippen molar-refractivity contribution < 1.29 is 23.4 Å². The number of carboxylic acids is 1. The van der Waals surface area contributed by atoms with Gasteiger partial charge in [0.1, 0.15) is 0 Å². The van der Waals surface area contributed by atoms with Gasteiger partial charge in [-0.25, -0.2) is 13.2 Å². The van der Waals surface area contributed by atoms with Crippen LogP contribution in [0.5, 0.6) is 0 Å². The number of aliphatic hydroxyl groups excluding tert-OH is 1. The highest BCUT2D eigenvalue weighted by Crippen LogP contribution is 2.26. The first kappa shape index (κ1) is 14.0. The molecule has 0 spiro atoms. The van der Waals surface area contributed by atoms with Crippen molar-refractivity contribution in [3.8, 4) is 0 Å². The molecule has 7 heteroatoms. The van der Waals surface area contributed by atoms with E-state index in [9.17, 15) is 18.3 Å². The lowest BCUT2D eigenvalue weighted by Crippen LogP contribution is -2.37. The maximum Gasteiger partial charge on any atom is 0.335 e. The van der Waals surface area contributed by atoms with Crippen LogP contribution in [-0.4, -0.2) is 48.1 Å². The van der Waals surface area contributed by atoms with Crippen molar-refractivity contribution in [2.24, 2.45) is 0 Å². The van der Waals surface area contributed by atoms with Crippen LogP contribution in [0.3, 0.4) is 0 Å². The third-order valence-corrected chi connectivity index (χ3v) is 5.17. The van der Waals surface area contributed by atoms with E-state index in [-0.39, 0.29) is 17.1 Å². The van der Waals surface area contributed by atoms with Crippen molar-refractivity contribution in [3.63, 3.8) is 0 Å². The van der Waals surface area contributed by atoms with Crippen LogP contribution in [0.15, 0.2) is 29.2 Å². The van der Waals surface area contributed by atoms with Crippen LogP contribution < -0.4 is 0 Å². The number of hydrogen-bond donors (Lipinski definition) is 2. The fraction of sp³-hybridized carbons (Fsp3) is 0.417. The summed E-state index contributed by atoms with van der Waals surface area (Å²) in [6, 6.07) is 4.84. The van der Waals surface area contributed by atoms with E-state index < -0.39 is 22.0 Å². The first-order chi connectivity index (χ1) is 8.96. The van der Waals surface area contributed by atoms with Crippen molar-refractivity contribution in [3.05, 3.63) is 29.8 Å². The molecule has 0 unspecified atom stereocenters. The zero-order valence-corrected chi connectivity index (χ0v) is 11.0. The highest BCUT2D eigenvalue weighted by molar-refractivity contribution is 7.89. The minimum absolute atomic E-state index is 0.0484. The number of nitrogens with zero attached hydrogens (tertiary/aromatic N) is 1. The van der Waals surface area contributed by atoms with E-state index in [1.807, 2.05) is 0 Å². The number of carbonyl (C=O) groups is 1. The smallest absolute Gasteiger partial charge is 0.335 e. The van der Waals surface area contributed by atoms with Crippen LogP contribution in [0.1, 0.15) is 23.2 Å². The van der Waals surface area contributed by atoms with Gasteiger partial charge < -0.3 is 10.2 Å². The molecule has 1 heterocycles. The molecular formula is C12H15NO5S. The number of aliphatic hydroxyl groups is 1. The minimum Gasteiger partial charge on any atom is -0.478 e. The highest BCUT2D eigenvalue weighted by Gasteiger charge is 2.34. The quantitative estimate of drug-likeness (QED) is 0.841. The molecule has 1 atom stereocenters. The summed E-state index contributed by atoms with van der Waals surface area (Å²) < 4.78 is 26.0. The Morgan fingerprint density at radius 1 is 1.42 bits per heavy atom. The molecule has 1 fully saturated rings. The Labute approximate surface area is 111 Å². The van der Waals surface area contributed by atoms with E-state index >= 15 is 0 Å². The van der Waals surface area contributed by atoms with Crippen LogP contribution in [0.25, 0.3) is 0 Å². The maximum atomic E-state index is 12.4. The molecule has 1 saturated heterocycles. The summed E-state index contributed by atoms with van der Waals surface area (Å²) in [6.07, 6.45) is 1.32. The van der Waals surface area contributed by atoms with Gasteiger partial charge in [-0.05, 0) is 31.0 Å². The number of carboxylic acid groups (broad SMARTS) is 1. The van der Waals surface area contributed by atoms with Crippen LogP contribution in [0.4, 0.5) is 0 Å². The van der Waals surface area contributed by atoms with Crippen LogP contribution in [-0.2, 0) is 10.0 Å². The summed E-state index contributed by atoms with van der Waals surface area (Å²) in [5, 5.41) is 18.1. The normalized spacial score (nSPS) is 20.6. The number of hydrogen-bond acceptors (Lipinski definition) is 4. The molecule has 104 valence electrons. The Morgan fingerprint density at radius 2 is 2.16 bits per heavy atom. The first-order valence-corrected chi connectivity index (χ1v) is 7.37. The Hall–Kier alpha value is -1.44. The second-order valence-corrected chi connectivity index (χ2v) is 6.32. The van der Waals surface area contributed by atoms with Crippen molar-refractivity contribution in [1.82, 2.24) is 4.31 Å². The molecule has 19 heavy (non-hydrogen) atoms. The van der Waals surface area contributed by atoms with Gasteiger partial charge >= 0.3 is 5.97 Å². The molecule has 0 radical (unpaired) electrons. The third-order valence-electron chi connectivity index (χ3n) is 3.22. The monoisotopic (exact) mass is 285 g/mol. The third kappa shape index (κ3) is 2.63. The highest BCUT2D eigenvalue weighted by atomic mass is 32.2.